The maximum atomic E-state index is 12.2. The Balaban J connectivity index is 2.32. The lowest BCUT2D eigenvalue weighted by molar-refractivity contribution is -0.384. The summed E-state index contributed by atoms with van der Waals surface area (Å²) in [5.74, 6) is 0.434. The number of hydrogen-bond acceptors (Lipinski definition) is 6. The normalized spacial score (nSPS) is 13.0. The van der Waals surface area contributed by atoms with Gasteiger partial charge in [0, 0.05) is 6.07 Å². The van der Waals surface area contributed by atoms with Gasteiger partial charge in [-0.25, -0.2) is 13.1 Å². The average Bonchev–Trinajstić information content (AvgIpc) is 2.92. The van der Waals surface area contributed by atoms with E-state index in [4.69, 9.17) is 10.2 Å². The lowest BCUT2D eigenvalue weighted by atomic mass is 10.3. The zero-order valence-corrected chi connectivity index (χ0v) is 11.8. The number of nitrogens with one attached hydrogen (secondary N) is 1. The number of hydrogen-bond donors (Lipinski definition) is 2. The van der Waals surface area contributed by atoms with Crippen LogP contribution in [-0.4, -0.2) is 13.3 Å². The molecule has 2 aromatic rings. The number of nitro benzene ring substituents is 1. The third-order valence-corrected chi connectivity index (χ3v) is 4.35. The van der Waals surface area contributed by atoms with Crippen molar-refractivity contribution in [1.82, 2.24) is 4.72 Å². The van der Waals surface area contributed by atoms with Crippen LogP contribution in [0, 0.1) is 10.1 Å². The van der Waals surface area contributed by atoms with Crippen LogP contribution in [0.25, 0.3) is 0 Å². The molecule has 21 heavy (non-hydrogen) atoms. The highest BCUT2D eigenvalue weighted by atomic mass is 32.2. The molecule has 9 heteroatoms. The van der Waals surface area contributed by atoms with Gasteiger partial charge in [-0.05, 0) is 31.2 Å². The van der Waals surface area contributed by atoms with Crippen molar-refractivity contribution in [2.75, 3.05) is 5.73 Å². The molecule has 3 N–H and O–H groups in total. The van der Waals surface area contributed by atoms with E-state index in [9.17, 15) is 18.5 Å². The molecule has 0 spiro atoms. The molecule has 1 heterocycles. The number of sulfonamides is 1. The smallest absolute Gasteiger partial charge is 0.293 e. The van der Waals surface area contributed by atoms with E-state index in [1.807, 2.05) is 0 Å². The van der Waals surface area contributed by atoms with Crippen molar-refractivity contribution < 1.29 is 17.8 Å². The second-order valence-corrected chi connectivity index (χ2v) is 6.05. The Hall–Kier alpha value is -2.39. The lowest BCUT2D eigenvalue weighted by Gasteiger charge is -2.12. The Kier molecular flexibility index (Phi) is 3.96. The summed E-state index contributed by atoms with van der Waals surface area (Å²) in [6.45, 7) is 1.60. The van der Waals surface area contributed by atoms with Crippen molar-refractivity contribution >= 4 is 21.4 Å². The standard InChI is InChI=1S/C12H13N3O5S/c1-8(12-3-2-6-20-12)14-21(18,19)9-4-5-10(13)11(7-9)15(16)17/h2-8,14H,13H2,1H3. The third kappa shape index (κ3) is 3.20. The molecule has 0 fully saturated rings. The van der Waals surface area contributed by atoms with E-state index in [0.29, 0.717) is 5.76 Å². The van der Waals surface area contributed by atoms with Crippen LogP contribution in [-0.2, 0) is 10.0 Å². The highest BCUT2D eigenvalue weighted by molar-refractivity contribution is 7.89. The van der Waals surface area contributed by atoms with Crippen LogP contribution in [0.5, 0.6) is 0 Å². The number of nitro groups is 1. The average molecular weight is 311 g/mol. The summed E-state index contributed by atoms with van der Waals surface area (Å²) in [5, 5.41) is 10.8. The second kappa shape index (κ2) is 5.54. The molecule has 0 bridgehead atoms. The zero-order chi connectivity index (χ0) is 15.6. The van der Waals surface area contributed by atoms with Gasteiger partial charge in [0.05, 0.1) is 22.1 Å². The molecule has 0 saturated carbocycles. The lowest BCUT2D eigenvalue weighted by Crippen LogP contribution is -2.26. The van der Waals surface area contributed by atoms with Crippen LogP contribution >= 0.6 is 0 Å². The topological polar surface area (TPSA) is 128 Å². The van der Waals surface area contributed by atoms with Crippen LogP contribution in [0.4, 0.5) is 11.4 Å². The maximum Gasteiger partial charge on any atom is 0.293 e. The fraction of sp³-hybridized carbons (Fsp3) is 0.167. The van der Waals surface area contributed by atoms with Gasteiger partial charge in [-0.3, -0.25) is 10.1 Å². The Morgan fingerprint density at radius 1 is 1.38 bits per heavy atom. The third-order valence-electron chi connectivity index (χ3n) is 2.81. The summed E-state index contributed by atoms with van der Waals surface area (Å²) >= 11 is 0. The largest absolute Gasteiger partial charge is 0.468 e. The van der Waals surface area contributed by atoms with E-state index in [1.54, 1.807) is 19.1 Å². The van der Waals surface area contributed by atoms with Gasteiger partial charge >= 0.3 is 0 Å². The molecule has 0 radical (unpaired) electrons. The number of anilines is 1. The van der Waals surface area contributed by atoms with E-state index in [0.717, 1.165) is 6.07 Å². The minimum absolute atomic E-state index is 0.0990. The van der Waals surface area contributed by atoms with Gasteiger partial charge in [0.1, 0.15) is 11.4 Å². The molecule has 1 unspecified atom stereocenters. The molecule has 2 rings (SSSR count). The minimum Gasteiger partial charge on any atom is -0.468 e. The van der Waals surface area contributed by atoms with Crippen LogP contribution in [0.15, 0.2) is 45.9 Å². The number of nitrogen functional groups attached to an aromatic ring is 1. The number of furan rings is 1. The highest BCUT2D eigenvalue weighted by Gasteiger charge is 2.23. The van der Waals surface area contributed by atoms with Crippen molar-refractivity contribution in [3.8, 4) is 0 Å². The van der Waals surface area contributed by atoms with Gasteiger partial charge in [-0.2, -0.15) is 0 Å². The predicted molar refractivity (Wildman–Crippen MR) is 75.0 cm³/mol. The van der Waals surface area contributed by atoms with Crippen molar-refractivity contribution in [2.24, 2.45) is 0 Å². The second-order valence-electron chi connectivity index (χ2n) is 4.34. The molecule has 1 atom stereocenters. The summed E-state index contributed by atoms with van der Waals surface area (Å²) in [6.07, 6.45) is 1.42. The van der Waals surface area contributed by atoms with E-state index in [-0.39, 0.29) is 10.6 Å². The van der Waals surface area contributed by atoms with Gasteiger partial charge in [-0.1, -0.05) is 0 Å². The summed E-state index contributed by atoms with van der Waals surface area (Å²) in [6, 6.07) is 5.96. The number of rotatable bonds is 5. The van der Waals surface area contributed by atoms with Crippen molar-refractivity contribution in [3.63, 3.8) is 0 Å². The van der Waals surface area contributed by atoms with Crippen LogP contribution in [0.3, 0.4) is 0 Å². The van der Waals surface area contributed by atoms with E-state index in [1.165, 1.54) is 18.4 Å². The van der Waals surface area contributed by atoms with Gasteiger partial charge in [-0.15, -0.1) is 0 Å². The first-order valence-electron chi connectivity index (χ1n) is 5.91. The summed E-state index contributed by atoms with van der Waals surface area (Å²) in [4.78, 5) is 9.84. The minimum atomic E-state index is -3.93. The first-order valence-corrected chi connectivity index (χ1v) is 7.39. The molecule has 0 aliphatic rings. The van der Waals surface area contributed by atoms with Crippen molar-refractivity contribution in [2.45, 2.75) is 17.9 Å². The first kappa shape index (κ1) is 15.0. The first-order chi connectivity index (χ1) is 9.81. The molecule has 0 aliphatic heterocycles. The van der Waals surface area contributed by atoms with Crippen molar-refractivity contribution in [1.29, 1.82) is 0 Å². The molecule has 1 aromatic heterocycles. The fourth-order valence-corrected chi connectivity index (χ4v) is 2.98. The monoisotopic (exact) mass is 311 g/mol. The molecular formula is C12H13N3O5S. The SMILES string of the molecule is CC(NS(=O)(=O)c1ccc(N)c([N+](=O)[O-])c1)c1ccco1. The molecule has 1 aromatic carbocycles. The molecule has 8 nitrogen and oxygen atoms in total. The Labute approximate surface area is 120 Å². The summed E-state index contributed by atoms with van der Waals surface area (Å²) in [5.41, 5.74) is 4.89. The quantitative estimate of drug-likeness (QED) is 0.492. The summed E-state index contributed by atoms with van der Waals surface area (Å²) < 4.78 is 31.9. The highest BCUT2D eigenvalue weighted by Crippen LogP contribution is 2.25. The summed E-state index contributed by atoms with van der Waals surface area (Å²) in [7, 11) is -3.93. The molecule has 0 amide bonds. The predicted octanol–water partition coefficient (Wildman–Crippen LogP) is 1.81. The molecule has 112 valence electrons. The van der Waals surface area contributed by atoms with Crippen LogP contribution in [0.1, 0.15) is 18.7 Å². The molecule has 0 saturated heterocycles. The Morgan fingerprint density at radius 2 is 2.10 bits per heavy atom. The van der Waals surface area contributed by atoms with E-state index in [2.05, 4.69) is 4.72 Å². The number of nitrogens with two attached hydrogens (primary N) is 1. The van der Waals surface area contributed by atoms with Gasteiger partial charge in [0.2, 0.25) is 10.0 Å². The van der Waals surface area contributed by atoms with Gasteiger partial charge in [0.15, 0.2) is 0 Å². The van der Waals surface area contributed by atoms with Crippen molar-refractivity contribution in [3.05, 3.63) is 52.5 Å². The van der Waals surface area contributed by atoms with Gasteiger partial charge in [0.25, 0.3) is 5.69 Å². The maximum absolute atomic E-state index is 12.2. The van der Waals surface area contributed by atoms with Crippen LogP contribution < -0.4 is 10.5 Å². The molecular weight excluding hydrogens is 298 g/mol. The number of nitrogens with zero attached hydrogens (tertiary/aromatic N) is 1. The van der Waals surface area contributed by atoms with Crippen LogP contribution in [0.2, 0.25) is 0 Å². The van der Waals surface area contributed by atoms with Gasteiger partial charge < -0.3 is 10.2 Å². The zero-order valence-electron chi connectivity index (χ0n) is 11.0. The van der Waals surface area contributed by atoms with E-state index >= 15 is 0 Å². The molecule has 0 aliphatic carbocycles. The Morgan fingerprint density at radius 3 is 2.67 bits per heavy atom. The van der Waals surface area contributed by atoms with E-state index < -0.39 is 26.7 Å². The Bertz CT molecular complexity index is 755. The number of benzene rings is 1. The fourth-order valence-electron chi connectivity index (χ4n) is 1.75.